The number of alkyl halides is 3. The second-order valence-corrected chi connectivity index (χ2v) is 11.2. The summed E-state index contributed by atoms with van der Waals surface area (Å²) in [6.45, 7) is 0.886. The molecule has 206 valence electrons. The number of nitrogens with zero attached hydrogens (tertiary/aromatic N) is 3. The van der Waals surface area contributed by atoms with Gasteiger partial charge in [0, 0.05) is 29.8 Å². The van der Waals surface area contributed by atoms with E-state index in [1.807, 2.05) is 6.07 Å². The van der Waals surface area contributed by atoms with E-state index in [4.69, 9.17) is 10.2 Å². The fraction of sp³-hybridized carbons (Fsp3) is 0.483. The number of hydrogen-bond donors (Lipinski definition) is 2. The van der Waals surface area contributed by atoms with Crippen molar-refractivity contribution in [3.8, 4) is 11.3 Å². The molecule has 6 rings (SSSR count). The maximum Gasteiger partial charge on any atom is 0.433 e. The lowest BCUT2D eigenvalue weighted by Crippen LogP contribution is -2.41. The van der Waals surface area contributed by atoms with Gasteiger partial charge in [0.25, 0.3) is 6.01 Å². The average Bonchev–Trinajstić information content (AvgIpc) is 3.66. The molecule has 7 nitrogen and oxygen atoms in total. The number of piperidine rings is 1. The van der Waals surface area contributed by atoms with E-state index in [-0.39, 0.29) is 6.04 Å². The number of hydrogen-bond acceptors (Lipinski definition) is 6. The van der Waals surface area contributed by atoms with Crippen molar-refractivity contribution in [3.63, 3.8) is 0 Å². The van der Waals surface area contributed by atoms with Crippen molar-refractivity contribution < 1.29 is 22.4 Å². The Morgan fingerprint density at radius 2 is 1.92 bits per heavy atom. The largest absolute Gasteiger partial charge is 0.433 e. The summed E-state index contributed by atoms with van der Waals surface area (Å²) in [6, 6.07) is 10.7. The van der Waals surface area contributed by atoms with Crippen LogP contribution in [-0.4, -0.2) is 34.5 Å². The maximum atomic E-state index is 13.0. The smallest absolute Gasteiger partial charge is 0.424 e. The molecule has 0 unspecified atom stereocenters. The van der Waals surface area contributed by atoms with E-state index in [2.05, 4.69) is 20.2 Å². The molecule has 1 amide bonds. The van der Waals surface area contributed by atoms with Crippen LogP contribution in [0, 0.1) is 17.8 Å². The number of aromatic nitrogens is 2. The number of carbonyl (C=O) groups excluding carboxylic acids is 1. The standard InChI is InChI=1S/C29H32F3N5O2/c30-29(31,32)26-9-8-22(14-34-26)37-16-17-10-21(24(37)11-17)12-18-4-1-2-7-23(18)36-28-35-15-25(39-28)19-5-3-6-20(13-19)27(33)38/h3,5-6,8-9,13-15,17-18,21,23-24H,1-2,4,7,10-12,16H2,(H2,33,38)(H,35,36)/t17-,18+,21-,23-,24-/m1/s1. The van der Waals surface area contributed by atoms with Crippen molar-refractivity contribution in [2.45, 2.75) is 63.2 Å². The zero-order valence-corrected chi connectivity index (χ0v) is 21.5. The molecule has 0 spiro atoms. The summed E-state index contributed by atoms with van der Waals surface area (Å²) in [4.78, 5) is 22.0. The van der Waals surface area contributed by atoms with Gasteiger partial charge in [-0.3, -0.25) is 4.79 Å². The lowest BCUT2D eigenvalue weighted by molar-refractivity contribution is -0.141. The monoisotopic (exact) mass is 539 g/mol. The van der Waals surface area contributed by atoms with E-state index in [0.717, 1.165) is 62.4 Å². The van der Waals surface area contributed by atoms with Crippen LogP contribution in [0.15, 0.2) is 53.2 Å². The Morgan fingerprint density at radius 3 is 2.67 bits per heavy atom. The first-order valence-electron chi connectivity index (χ1n) is 13.7. The Morgan fingerprint density at radius 1 is 1.08 bits per heavy atom. The van der Waals surface area contributed by atoms with Gasteiger partial charge >= 0.3 is 6.18 Å². The van der Waals surface area contributed by atoms with Crippen molar-refractivity contribution in [3.05, 3.63) is 60.0 Å². The lowest BCUT2D eigenvalue weighted by atomic mass is 9.77. The second-order valence-electron chi connectivity index (χ2n) is 11.2. The van der Waals surface area contributed by atoms with E-state index in [9.17, 15) is 18.0 Å². The Labute approximate surface area is 225 Å². The van der Waals surface area contributed by atoms with E-state index >= 15 is 0 Å². The molecular weight excluding hydrogens is 507 g/mol. The summed E-state index contributed by atoms with van der Waals surface area (Å²) in [5.74, 6) is 1.61. The molecule has 3 heterocycles. The molecule has 10 heteroatoms. The zero-order valence-electron chi connectivity index (χ0n) is 21.5. The number of nitrogens with two attached hydrogens (primary N) is 1. The summed E-state index contributed by atoms with van der Waals surface area (Å²) < 4.78 is 45.0. The molecule has 2 saturated carbocycles. The summed E-state index contributed by atoms with van der Waals surface area (Å²) in [6.07, 6.45) is 6.42. The topological polar surface area (TPSA) is 97.3 Å². The molecule has 39 heavy (non-hydrogen) atoms. The summed E-state index contributed by atoms with van der Waals surface area (Å²) >= 11 is 0. The zero-order chi connectivity index (χ0) is 27.1. The number of carbonyl (C=O) groups is 1. The maximum absolute atomic E-state index is 13.0. The van der Waals surface area contributed by atoms with Gasteiger partial charge in [0.1, 0.15) is 5.69 Å². The highest BCUT2D eigenvalue weighted by atomic mass is 19.4. The number of benzene rings is 1. The molecule has 3 aromatic rings. The number of rotatable bonds is 7. The molecular formula is C29H32F3N5O2. The van der Waals surface area contributed by atoms with Crippen molar-refractivity contribution in [1.82, 2.24) is 9.97 Å². The van der Waals surface area contributed by atoms with Crippen LogP contribution in [-0.2, 0) is 6.18 Å². The predicted octanol–water partition coefficient (Wildman–Crippen LogP) is 6.13. The normalized spacial score (nSPS) is 26.6. The van der Waals surface area contributed by atoms with Crippen LogP contribution in [0.5, 0.6) is 0 Å². The van der Waals surface area contributed by atoms with E-state index in [0.29, 0.717) is 41.1 Å². The molecule has 3 fully saturated rings. The SMILES string of the molecule is NC(=O)c1cccc(-c2cnc(N[C@@H]3CCCC[C@H]3C[C@H]3C[C@@H]4C[C@H]3N(c3ccc(C(F)(F)F)nc3)C4)o2)c1. The Balaban J connectivity index is 1.12. The van der Waals surface area contributed by atoms with Gasteiger partial charge in [-0.2, -0.15) is 13.2 Å². The van der Waals surface area contributed by atoms with Gasteiger partial charge in [0.05, 0.1) is 18.1 Å². The third kappa shape index (κ3) is 5.33. The highest BCUT2D eigenvalue weighted by molar-refractivity contribution is 5.93. The fourth-order valence-corrected chi connectivity index (χ4v) is 6.96. The number of oxazole rings is 1. The molecule has 1 aromatic carbocycles. The van der Waals surface area contributed by atoms with Crippen LogP contribution in [0.1, 0.15) is 61.0 Å². The van der Waals surface area contributed by atoms with Gasteiger partial charge in [-0.15, -0.1) is 0 Å². The van der Waals surface area contributed by atoms with E-state index < -0.39 is 17.8 Å². The number of pyridine rings is 1. The van der Waals surface area contributed by atoms with Gasteiger partial charge < -0.3 is 20.4 Å². The van der Waals surface area contributed by atoms with Crippen LogP contribution < -0.4 is 16.0 Å². The van der Waals surface area contributed by atoms with Crippen molar-refractivity contribution in [1.29, 1.82) is 0 Å². The average molecular weight is 540 g/mol. The highest BCUT2D eigenvalue weighted by Gasteiger charge is 2.46. The highest BCUT2D eigenvalue weighted by Crippen LogP contribution is 2.48. The van der Waals surface area contributed by atoms with Gasteiger partial charge in [0.2, 0.25) is 5.91 Å². The van der Waals surface area contributed by atoms with Crippen LogP contribution in [0.2, 0.25) is 0 Å². The van der Waals surface area contributed by atoms with Crippen LogP contribution in [0.4, 0.5) is 24.9 Å². The van der Waals surface area contributed by atoms with Crippen molar-refractivity contribution in [2.24, 2.45) is 23.5 Å². The van der Waals surface area contributed by atoms with E-state index in [1.54, 1.807) is 30.5 Å². The number of primary amides is 1. The Hall–Kier alpha value is -3.56. The summed E-state index contributed by atoms with van der Waals surface area (Å²) in [7, 11) is 0. The first kappa shape index (κ1) is 25.7. The van der Waals surface area contributed by atoms with Crippen LogP contribution in [0.3, 0.4) is 0 Å². The molecule has 1 saturated heterocycles. The summed E-state index contributed by atoms with van der Waals surface area (Å²) in [5, 5.41) is 3.54. The summed E-state index contributed by atoms with van der Waals surface area (Å²) in [5.41, 5.74) is 6.50. The molecule has 3 aliphatic rings. The molecule has 1 aliphatic heterocycles. The number of amides is 1. The minimum absolute atomic E-state index is 0.238. The van der Waals surface area contributed by atoms with Crippen LogP contribution >= 0.6 is 0 Å². The second kappa shape index (κ2) is 10.2. The van der Waals surface area contributed by atoms with Gasteiger partial charge in [-0.25, -0.2) is 9.97 Å². The lowest BCUT2D eigenvalue weighted by Gasteiger charge is -2.39. The van der Waals surface area contributed by atoms with Crippen molar-refractivity contribution >= 4 is 17.6 Å². The molecule has 3 N–H and O–H groups in total. The number of anilines is 2. The van der Waals surface area contributed by atoms with Crippen molar-refractivity contribution in [2.75, 3.05) is 16.8 Å². The van der Waals surface area contributed by atoms with Gasteiger partial charge in [-0.05, 0) is 74.1 Å². The first-order valence-corrected chi connectivity index (χ1v) is 13.7. The first-order chi connectivity index (χ1) is 18.7. The van der Waals surface area contributed by atoms with Gasteiger partial charge in [-0.1, -0.05) is 25.0 Å². The van der Waals surface area contributed by atoms with Gasteiger partial charge in [0.15, 0.2) is 5.76 Å². The minimum Gasteiger partial charge on any atom is -0.424 e. The molecule has 2 aromatic heterocycles. The molecule has 2 aliphatic carbocycles. The number of nitrogens with one attached hydrogen (secondary N) is 1. The third-order valence-corrected chi connectivity index (χ3v) is 8.74. The Kier molecular flexibility index (Phi) is 6.72. The molecule has 2 bridgehead atoms. The Bertz CT molecular complexity index is 1320. The third-order valence-electron chi connectivity index (χ3n) is 8.74. The minimum atomic E-state index is -4.43. The quantitative estimate of drug-likeness (QED) is 0.375. The molecule has 0 radical (unpaired) electrons. The molecule has 5 atom stereocenters. The number of halogens is 3. The fourth-order valence-electron chi connectivity index (χ4n) is 6.96. The number of fused-ring (bicyclic) bond motifs is 2. The van der Waals surface area contributed by atoms with Crippen LogP contribution in [0.25, 0.3) is 11.3 Å². The van der Waals surface area contributed by atoms with E-state index in [1.165, 1.54) is 12.6 Å². The predicted molar refractivity (Wildman–Crippen MR) is 141 cm³/mol.